The van der Waals surface area contributed by atoms with Gasteiger partial charge in [0.25, 0.3) is 5.91 Å². The maximum atomic E-state index is 11.9. The monoisotopic (exact) mass is 293 g/mol. The van der Waals surface area contributed by atoms with Crippen LogP contribution < -0.4 is 5.32 Å². The minimum absolute atomic E-state index is 0.0554. The minimum atomic E-state index is -0.164. The summed E-state index contributed by atoms with van der Waals surface area (Å²) in [6, 6.07) is 11.3. The molecule has 0 atom stereocenters. The van der Waals surface area contributed by atoms with Crippen molar-refractivity contribution in [2.24, 2.45) is 0 Å². The molecule has 2 N–H and O–H groups in total. The fourth-order valence-electron chi connectivity index (χ4n) is 1.72. The van der Waals surface area contributed by atoms with Gasteiger partial charge in [-0.05, 0) is 22.9 Å². The van der Waals surface area contributed by atoms with Gasteiger partial charge in [-0.25, -0.2) is 0 Å². The van der Waals surface area contributed by atoms with Crippen LogP contribution in [0.4, 0.5) is 0 Å². The molecule has 0 fully saturated rings. The molecule has 0 unspecified atom stereocenters. The Bertz CT molecular complexity index is 554. The number of carbonyl (C=O) groups excluding carboxylic acids is 1. The maximum absolute atomic E-state index is 11.9. The number of halogens is 1. The average molecular weight is 294 g/mol. The number of nitrogens with one attached hydrogen (secondary N) is 1. The topological polar surface area (TPSA) is 49.3 Å². The molecular formula is C13H12BrNO2. The molecule has 0 bridgehead atoms. The van der Waals surface area contributed by atoms with Crippen molar-refractivity contribution in [1.82, 2.24) is 5.32 Å². The summed E-state index contributed by atoms with van der Waals surface area (Å²) in [6.45, 7) is 0.212. The van der Waals surface area contributed by atoms with Gasteiger partial charge < -0.3 is 10.4 Å². The molecular weight excluding hydrogens is 282 g/mol. The van der Waals surface area contributed by atoms with E-state index in [9.17, 15) is 4.79 Å². The lowest BCUT2D eigenvalue weighted by atomic mass is 10.0. The van der Waals surface area contributed by atoms with Gasteiger partial charge in [-0.1, -0.05) is 40.2 Å². The van der Waals surface area contributed by atoms with Crippen LogP contribution >= 0.6 is 15.9 Å². The molecule has 1 amide bonds. The van der Waals surface area contributed by atoms with E-state index < -0.39 is 0 Å². The van der Waals surface area contributed by atoms with E-state index in [0.29, 0.717) is 5.56 Å². The summed E-state index contributed by atoms with van der Waals surface area (Å²) in [4.78, 5) is 11.9. The summed E-state index contributed by atoms with van der Waals surface area (Å²) in [7, 11) is 0. The van der Waals surface area contributed by atoms with E-state index in [2.05, 4.69) is 21.2 Å². The Kier molecular flexibility index (Phi) is 3.76. The van der Waals surface area contributed by atoms with Gasteiger partial charge in [0.15, 0.2) is 0 Å². The van der Waals surface area contributed by atoms with E-state index in [0.717, 1.165) is 15.2 Å². The molecule has 2 rings (SSSR count). The summed E-state index contributed by atoms with van der Waals surface area (Å²) in [6.07, 6.45) is 0. The van der Waals surface area contributed by atoms with Crippen LogP contribution in [0.1, 0.15) is 10.4 Å². The Hall–Kier alpha value is -1.39. The Labute approximate surface area is 108 Å². The molecule has 3 nitrogen and oxygen atoms in total. The van der Waals surface area contributed by atoms with Crippen LogP contribution in [-0.4, -0.2) is 24.2 Å². The highest BCUT2D eigenvalue weighted by molar-refractivity contribution is 9.10. The van der Waals surface area contributed by atoms with Gasteiger partial charge in [0, 0.05) is 16.6 Å². The minimum Gasteiger partial charge on any atom is -0.395 e. The zero-order chi connectivity index (χ0) is 12.3. The normalized spacial score (nSPS) is 10.5. The second kappa shape index (κ2) is 5.29. The van der Waals surface area contributed by atoms with Crippen molar-refractivity contribution in [2.75, 3.05) is 13.2 Å². The molecule has 4 heteroatoms. The number of carbonyl (C=O) groups is 1. The van der Waals surface area contributed by atoms with Crippen LogP contribution in [0.5, 0.6) is 0 Å². The first-order valence-corrected chi connectivity index (χ1v) is 6.09. The third-order valence-electron chi connectivity index (χ3n) is 2.51. The molecule has 88 valence electrons. The molecule has 0 saturated heterocycles. The largest absolute Gasteiger partial charge is 0.395 e. The Morgan fingerprint density at radius 2 is 1.88 bits per heavy atom. The molecule has 0 aromatic heterocycles. The third-order valence-corrected chi connectivity index (χ3v) is 3.20. The molecule has 2 aromatic carbocycles. The van der Waals surface area contributed by atoms with Gasteiger partial charge in [-0.15, -0.1) is 0 Å². The molecule has 0 heterocycles. The number of hydrogen-bond acceptors (Lipinski definition) is 2. The van der Waals surface area contributed by atoms with Crippen LogP contribution in [-0.2, 0) is 0 Å². The lowest BCUT2D eigenvalue weighted by Crippen LogP contribution is -2.26. The number of amides is 1. The van der Waals surface area contributed by atoms with Crippen LogP contribution in [0, 0.1) is 0 Å². The Morgan fingerprint density at radius 3 is 2.59 bits per heavy atom. The average Bonchev–Trinajstić information content (AvgIpc) is 2.37. The van der Waals surface area contributed by atoms with E-state index in [1.54, 1.807) is 6.07 Å². The summed E-state index contributed by atoms with van der Waals surface area (Å²) in [5, 5.41) is 13.3. The van der Waals surface area contributed by atoms with Crippen molar-refractivity contribution >= 4 is 32.6 Å². The number of aliphatic hydroxyl groups excluding tert-OH is 1. The number of benzene rings is 2. The van der Waals surface area contributed by atoms with Crippen molar-refractivity contribution in [2.45, 2.75) is 0 Å². The molecule has 0 spiro atoms. The second-order valence-corrected chi connectivity index (χ2v) is 4.47. The maximum Gasteiger partial charge on any atom is 0.251 e. The number of hydrogen-bond donors (Lipinski definition) is 2. The second-order valence-electron chi connectivity index (χ2n) is 3.62. The summed E-state index contributed by atoms with van der Waals surface area (Å²) in [5.41, 5.74) is 0.622. The highest BCUT2D eigenvalue weighted by atomic mass is 79.9. The summed E-state index contributed by atoms with van der Waals surface area (Å²) >= 11 is 3.46. The molecule has 0 aliphatic carbocycles. The van der Waals surface area contributed by atoms with Crippen molar-refractivity contribution < 1.29 is 9.90 Å². The fourth-order valence-corrected chi connectivity index (χ4v) is 2.20. The summed E-state index contributed by atoms with van der Waals surface area (Å²) in [5.74, 6) is -0.164. The van der Waals surface area contributed by atoms with E-state index in [4.69, 9.17) is 5.11 Å². The van der Waals surface area contributed by atoms with Crippen LogP contribution in [0.2, 0.25) is 0 Å². The highest BCUT2D eigenvalue weighted by Gasteiger charge is 2.10. The van der Waals surface area contributed by atoms with Crippen molar-refractivity contribution in [1.29, 1.82) is 0 Å². The number of rotatable bonds is 3. The van der Waals surface area contributed by atoms with Crippen LogP contribution in [0.3, 0.4) is 0 Å². The lowest BCUT2D eigenvalue weighted by molar-refractivity contribution is 0.0946. The van der Waals surface area contributed by atoms with Crippen molar-refractivity contribution in [3.8, 4) is 0 Å². The standard InChI is InChI=1S/C13H12BrNO2/c14-12-6-5-11(13(17)15-7-8-16)9-3-1-2-4-10(9)12/h1-6,16H,7-8H2,(H,15,17). The zero-order valence-corrected chi connectivity index (χ0v) is 10.7. The van der Waals surface area contributed by atoms with Gasteiger partial charge in [-0.3, -0.25) is 4.79 Å². The van der Waals surface area contributed by atoms with Crippen molar-refractivity contribution in [3.05, 3.63) is 46.4 Å². The first kappa shape index (κ1) is 12.1. The molecule has 0 radical (unpaired) electrons. The highest BCUT2D eigenvalue weighted by Crippen LogP contribution is 2.26. The van der Waals surface area contributed by atoms with Gasteiger partial charge in [0.2, 0.25) is 0 Å². The molecule has 17 heavy (non-hydrogen) atoms. The van der Waals surface area contributed by atoms with Crippen LogP contribution in [0.15, 0.2) is 40.9 Å². The Morgan fingerprint density at radius 1 is 1.18 bits per heavy atom. The number of aliphatic hydroxyl groups is 1. The lowest BCUT2D eigenvalue weighted by Gasteiger charge is -2.08. The van der Waals surface area contributed by atoms with Crippen molar-refractivity contribution in [3.63, 3.8) is 0 Å². The molecule has 0 saturated carbocycles. The quantitative estimate of drug-likeness (QED) is 0.912. The fraction of sp³-hybridized carbons (Fsp3) is 0.154. The predicted octanol–water partition coefficient (Wildman–Crippen LogP) is 2.32. The first-order valence-electron chi connectivity index (χ1n) is 5.30. The van der Waals surface area contributed by atoms with Crippen LogP contribution in [0.25, 0.3) is 10.8 Å². The first-order chi connectivity index (χ1) is 8.24. The SMILES string of the molecule is O=C(NCCO)c1ccc(Br)c2ccccc12. The van der Waals surface area contributed by atoms with Gasteiger partial charge in [0.1, 0.15) is 0 Å². The molecule has 2 aromatic rings. The molecule has 0 aliphatic rings. The summed E-state index contributed by atoms with van der Waals surface area (Å²) < 4.78 is 0.965. The van der Waals surface area contributed by atoms with E-state index >= 15 is 0 Å². The van der Waals surface area contributed by atoms with E-state index in [1.807, 2.05) is 30.3 Å². The van der Waals surface area contributed by atoms with Gasteiger partial charge in [0.05, 0.1) is 6.61 Å². The predicted molar refractivity (Wildman–Crippen MR) is 71.1 cm³/mol. The third kappa shape index (κ3) is 2.48. The van der Waals surface area contributed by atoms with Gasteiger partial charge in [-0.2, -0.15) is 0 Å². The van der Waals surface area contributed by atoms with Gasteiger partial charge >= 0.3 is 0 Å². The zero-order valence-electron chi connectivity index (χ0n) is 9.11. The molecule has 0 aliphatic heterocycles. The van der Waals surface area contributed by atoms with E-state index in [-0.39, 0.29) is 19.1 Å². The smallest absolute Gasteiger partial charge is 0.251 e. The number of fused-ring (bicyclic) bond motifs is 1. The van der Waals surface area contributed by atoms with E-state index in [1.165, 1.54) is 0 Å². The Balaban J connectivity index is 2.48.